The Morgan fingerprint density at radius 1 is 1.35 bits per heavy atom. The van der Waals surface area contributed by atoms with Crippen molar-refractivity contribution >= 4 is 5.91 Å². The molecule has 0 aliphatic carbocycles. The molecule has 2 aromatic heterocycles. The van der Waals surface area contributed by atoms with Crippen LogP contribution in [0.3, 0.4) is 0 Å². The van der Waals surface area contributed by atoms with Gasteiger partial charge in [0.25, 0.3) is 5.91 Å². The van der Waals surface area contributed by atoms with Crippen LogP contribution in [0.15, 0.2) is 36.7 Å². The van der Waals surface area contributed by atoms with E-state index in [1.54, 1.807) is 16.9 Å². The number of aromatic nitrogens is 3. The topological polar surface area (TPSA) is 51.0 Å². The Morgan fingerprint density at radius 3 is 2.95 bits per heavy atom. The maximum atomic E-state index is 12.4. The Hall–Kier alpha value is -2.17. The molecule has 0 bridgehead atoms. The molecule has 0 unspecified atom stereocenters. The van der Waals surface area contributed by atoms with E-state index in [1.165, 1.54) is 0 Å². The van der Waals surface area contributed by atoms with Gasteiger partial charge in [-0.15, -0.1) is 0 Å². The number of carbonyl (C=O) groups excluding carboxylic acids is 1. The molecule has 5 heteroatoms. The molecular formula is C15H18N4O. The highest BCUT2D eigenvalue weighted by Crippen LogP contribution is 2.26. The van der Waals surface area contributed by atoms with Crippen molar-refractivity contribution in [1.29, 1.82) is 0 Å². The third-order valence-corrected chi connectivity index (χ3v) is 3.75. The molecule has 1 fully saturated rings. The quantitative estimate of drug-likeness (QED) is 0.836. The van der Waals surface area contributed by atoms with Crippen LogP contribution in [0.2, 0.25) is 0 Å². The minimum Gasteiger partial charge on any atom is -0.337 e. The zero-order valence-electron chi connectivity index (χ0n) is 11.6. The molecule has 1 aliphatic rings. The van der Waals surface area contributed by atoms with Crippen LogP contribution in [-0.4, -0.2) is 38.7 Å². The van der Waals surface area contributed by atoms with Crippen LogP contribution >= 0.6 is 0 Å². The third-order valence-electron chi connectivity index (χ3n) is 3.75. The van der Waals surface area contributed by atoms with Crippen LogP contribution in [-0.2, 0) is 7.05 Å². The molecule has 0 spiro atoms. The van der Waals surface area contributed by atoms with Crippen LogP contribution in [0, 0.1) is 0 Å². The molecule has 1 saturated heterocycles. The summed E-state index contributed by atoms with van der Waals surface area (Å²) in [6.45, 7) is 1.53. The molecule has 20 heavy (non-hydrogen) atoms. The maximum Gasteiger partial charge on any atom is 0.274 e. The van der Waals surface area contributed by atoms with Crippen LogP contribution in [0.4, 0.5) is 0 Å². The van der Waals surface area contributed by atoms with Crippen LogP contribution < -0.4 is 0 Å². The fourth-order valence-electron chi connectivity index (χ4n) is 2.71. The first-order chi connectivity index (χ1) is 9.74. The highest BCUT2D eigenvalue weighted by molar-refractivity contribution is 5.92. The molecule has 3 rings (SSSR count). The number of nitrogens with zero attached hydrogens (tertiary/aromatic N) is 4. The Labute approximate surface area is 118 Å². The highest BCUT2D eigenvalue weighted by Gasteiger charge is 2.27. The molecule has 1 amide bonds. The van der Waals surface area contributed by atoms with Crippen molar-refractivity contribution in [2.75, 3.05) is 13.1 Å². The first kappa shape index (κ1) is 12.8. The van der Waals surface area contributed by atoms with E-state index in [0.717, 1.165) is 31.6 Å². The van der Waals surface area contributed by atoms with Crippen LogP contribution in [0.25, 0.3) is 0 Å². The standard InChI is InChI=1S/C15H18N4O/c1-18-10-7-14(17-18)15(20)19-9-4-5-12(11-19)13-6-2-3-8-16-13/h2-3,6-8,10,12H,4-5,9,11H2,1H3/t12-/m0/s1. The van der Waals surface area contributed by atoms with E-state index in [4.69, 9.17) is 0 Å². The summed E-state index contributed by atoms with van der Waals surface area (Å²) in [4.78, 5) is 18.7. The number of amides is 1. The largest absolute Gasteiger partial charge is 0.337 e. The van der Waals surface area contributed by atoms with E-state index in [-0.39, 0.29) is 5.91 Å². The van der Waals surface area contributed by atoms with Crippen molar-refractivity contribution < 1.29 is 4.79 Å². The van der Waals surface area contributed by atoms with Gasteiger partial charge in [0, 0.05) is 44.1 Å². The van der Waals surface area contributed by atoms with Crippen molar-refractivity contribution in [3.8, 4) is 0 Å². The summed E-state index contributed by atoms with van der Waals surface area (Å²) in [6, 6.07) is 7.73. The SMILES string of the molecule is Cn1ccc(C(=O)N2CCC[C@H](c3ccccn3)C2)n1. The number of rotatable bonds is 2. The minimum absolute atomic E-state index is 0.0197. The lowest BCUT2D eigenvalue weighted by Gasteiger charge is -2.32. The molecule has 5 nitrogen and oxygen atoms in total. The van der Waals surface area contributed by atoms with Gasteiger partial charge in [0.05, 0.1) is 0 Å². The van der Waals surface area contributed by atoms with Gasteiger partial charge in [-0.2, -0.15) is 5.10 Å². The van der Waals surface area contributed by atoms with Gasteiger partial charge in [0.2, 0.25) is 0 Å². The number of carbonyl (C=O) groups is 1. The number of hydrogen-bond acceptors (Lipinski definition) is 3. The minimum atomic E-state index is 0.0197. The lowest BCUT2D eigenvalue weighted by molar-refractivity contribution is 0.0699. The molecule has 0 N–H and O–H groups in total. The molecule has 0 saturated carbocycles. The van der Waals surface area contributed by atoms with E-state index in [1.807, 2.05) is 36.3 Å². The fourth-order valence-corrected chi connectivity index (χ4v) is 2.71. The Bertz CT molecular complexity index is 593. The van der Waals surface area contributed by atoms with Gasteiger partial charge >= 0.3 is 0 Å². The second kappa shape index (κ2) is 5.45. The van der Waals surface area contributed by atoms with Gasteiger partial charge in [0.15, 0.2) is 0 Å². The number of piperidine rings is 1. The summed E-state index contributed by atoms with van der Waals surface area (Å²) in [5, 5.41) is 4.19. The predicted molar refractivity (Wildman–Crippen MR) is 75.3 cm³/mol. The Kier molecular flexibility index (Phi) is 3.50. The molecule has 2 aromatic rings. The van der Waals surface area contributed by atoms with Gasteiger partial charge in [-0.3, -0.25) is 14.5 Å². The van der Waals surface area contributed by atoms with Crippen molar-refractivity contribution in [2.45, 2.75) is 18.8 Å². The second-order valence-electron chi connectivity index (χ2n) is 5.22. The molecule has 0 aromatic carbocycles. The number of aryl methyl sites for hydroxylation is 1. The zero-order valence-corrected chi connectivity index (χ0v) is 11.6. The average Bonchev–Trinajstić information content (AvgIpc) is 2.94. The predicted octanol–water partition coefficient (Wildman–Crippen LogP) is 1.83. The summed E-state index contributed by atoms with van der Waals surface area (Å²) < 4.78 is 1.66. The summed E-state index contributed by atoms with van der Waals surface area (Å²) in [7, 11) is 1.82. The maximum absolute atomic E-state index is 12.4. The molecule has 1 atom stereocenters. The summed E-state index contributed by atoms with van der Waals surface area (Å²) in [6.07, 6.45) is 5.71. The molecule has 1 aliphatic heterocycles. The smallest absolute Gasteiger partial charge is 0.274 e. The molecule has 3 heterocycles. The van der Waals surface area contributed by atoms with E-state index in [2.05, 4.69) is 10.1 Å². The van der Waals surface area contributed by atoms with Gasteiger partial charge in [-0.25, -0.2) is 0 Å². The fraction of sp³-hybridized carbons (Fsp3) is 0.400. The zero-order chi connectivity index (χ0) is 13.9. The van der Waals surface area contributed by atoms with Crippen molar-refractivity contribution in [1.82, 2.24) is 19.7 Å². The number of pyridine rings is 1. The van der Waals surface area contributed by atoms with Crippen LogP contribution in [0.1, 0.15) is 34.9 Å². The highest BCUT2D eigenvalue weighted by atomic mass is 16.2. The molecule has 0 radical (unpaired) electrons. The van der Waals surface area contributed by atoms with Gasteiger partial charge < -0.3 is 4.90 Å². The van der Waals surface area contributed by atoms with E-state index in [9.17, 15) is 4.79 Å². The van der Waals surface area contributed by atoms with Gasteiger partial charge in [0.1, 0.15) is 5.69 Å². The van der Waals surface area contributed by atoms with Crippen molar-refractivity contribution in [3.63, 3.8) is 0 Å². The van der Waals surface area contributed by atoms with E-state index in [0.29, 0.717) is 11.6 Å². The van der Waals surface area contributed by atoms with Crippen molar-refractivity contribution in [2.24, 2.45) is 7.05 Å². The number of likely N-dealkylation sites (tertiary alicyclic amines) is 1. The second-order valence-corrected chi connectivity index (χ2v) is 5.22. The van der Waals surface area contributed by atoms with Crippen molar-refractivity contribution in [3.05, 3.63) is 48.0 Å². The lowest BCUT2D eigenvalue weighted by Crippen LogP contribution is -2.39. The monoisotopic (exact) mass is 270 g/mol. The first-order valence-corrected chi connectivity index (χ1v) is 6.94. The Morgan fingerprint density at radius 2 is 2.25 bits per heavy atom. The normalized spacial score (nSPS) is 19.1. The molecular weight excluding hydrogens is 252 g/mol. The van der Waals surface area contributed by atoms with Crippen LogP contribution in [0.5, 0.6) is 0 Å². The van der Waals surface area contributed by atoms with E-state index >= 15 is 0 Å². The van der Waals surface area contributed by atoms with Gasteiger partial charge in [-0.05, 0) is 31.0 Å². The Balaban J connectivity index is 1.74. The third kappa shape index (κ3) is 2.57. The lowest BCUT2D eigenvalue weighted by atomic mass is 9.94. The summed E-state index contributed by atoms with van der Waals surface area (Å²) in [5.74, 6) is 0.351. The number of hydrogen-bond donors (Lipinski definition) is 0. The molecule has 104 valence electrons. The first-order valence-electron chi connectivity index (χ1n) is 6.94. The summed E-state index contributed by atoms with van der Waals surface area (Å²) >= 11 is 0. The average molecular weight is 270 g/mol. The summed E-state index contributed by atoms with van der Waals surface area (Å²) in [5.41, 5.74) is 1.60. The van der Waals surface area contributed by atoms with Gasteiger partial charge in [-0.1, -0.05) is 6.07 Å². The van der Waals surface area contributed by atoms with E-state index < -0.39 is 0 Å².